The van der Waals surface area contributed by atoms with Gasteiger partial charge in [0.1, 0.15) is 0 Å². The summed E-state index contributed by atoms with van der Waals surface area (Å²) in [6.45, 7) is 0.105. The van der Waals surface area contributed by atoms with Crippen molar-refractivity contribution in [2.24, 2.45) is 23.2 Å². The van der Waals surface area contributed by atoms with E-state index in [0.717, 1.165) is 42.6 Å². The minimum absolute atomic E-state index is 0.0384. The van der Waals surface area contributed by atoms with Crippen LogP contribution in [0.25, 0.3) is 11.5 Å². The van der Waals surface area contributed by atoms with Gasteiger partial charge in [-0.05, 0) is 67.7 Å². The van der Waals surface area contributed by atoms with Crippen molar-refractivity contribution in [1.82, 2.24) is 10.1 Å². The van der Waals surface area contributed by atoms with E-state index in [1.807, 2.05) is 16.8 Å². The fourth-order valence-electron chi connectivity index (χ4n) is 5.46. The highest BCUT2D eigenvalue weighted by molar-refractivity contribution is 7.08. The molecule has 0 amide bonds. The molecule has 6 rings (SSSR count). The molecule has 126 valence electrons. The van der Waals surface area contributed by atoms with Crippen LogP contribution >= 0.6 is 11.3 Å². The summed E-state index contributed by atoms with van der Waals surface area (Å²) >= 11 is 1.58. The molecule has 0 spiro atoms. The molecular formula is C18H20N2O3S. The maximum atomic E-state index is 12.8. The number of carbonyl (C=O) groups excluding carboxylic acids is 1. The molecule has 2 aromatic heterocycles. The van der Waals surface area contributed by atoms with Crippen LogP contribution in [0.15, 0.2) is 21.3 Å². The van der Waals surface area contributed by atoms with Crippen LogP contribution in [0.4, 0.5) is 0 Å². The van der Waals surface area contributed by atoms with Crippen LogP contribution in [-0.4, -0.2) is 16.1 Å². The van der Waals surface area contributed by atoms with E-state index in [1.54, 1.807) is 11.3 Å². The quantitative estimate of drug-likeness (QED) is 0.783. The molecule has 0 unspecified atom stereocenters. The van der Waals surface area contributed by atoms with E-state index >= 15 is 0 Å². The molecule has 2 aromatic rings. The molecule has 4 aliphatic carbocycles. The predicted octanol–water partition coefficient (Wildman–Crippen LogP) is 4.06. The standard InChI is InChI=1S/C18H20N2O3S/c21-17(18-6-11-3-12(7-18)5-13(4-11)8-18)22-9-15-19-16(23-20-15)14-1-2-24-10-14/h1-2,10-13H,3-9H2. The van der Waals surface area contributed by atoms with Gasteiger partial charge in [0.25, 0.3) is 5.89 Å². The first kappa shape index (κ1) is 14.6. The van der Waals surface area contributed by atoms with Gasteiger partial charge in [-0.1, -0.05) is 5.16 Å². The monoisotopic (exact) mass is 344 g/mol. The largest absolute Gasteiger partial charge is 0.457 e. The van der Waals surface area contributed by atoms with Crippen molar-refractivity contribution in [1.29, 1.82) is 0 Å². The van der Waals surface area contributed by atoms with E-state index in [4.69, 9.17) is 9.26 Å². The van der Waals surface area contributed by atoms with Gasteiger partial charge in [0.2, 0.25) is 5.82 Å². The smallest absolute Gasteiger partial charge is 0.312 e. The normalized spacial score (nSPS) is 33.8. The molecule has 24 heavy (non-hydrogen) atoms. The van der Waals surface area contributed by atoms with E-state index in [-0.39, 0.29) is 18.0 Å². The highest BCUT2D eigenvalue weighted by Crippen LogP contribution is 2.60. The van der Waals surface area contributed by atoms with Gasteiger partial charge >= 0.3 is 5.97 Å². The molecule has 4 aliphatic rings. The summed E-state index contributed by atoms with van der Waals surface area (Å²) < 4.78 is 10.9. The van der Waals surface area contributed by atoms with Crippen LogP contribution in [-0.2, 0) is 16.1 Å². The highest BCUT2D eigenvalue weighted by atomic mass is 32.1. The Kier molecular flexibility index (Phi) is 3.30. The third kappa shape index (κ3) is 2.39. The first-order chi connectivity index (χ1) is 11.7. The number of thiophene rings is 1. The maximum Gasteiger partial charge on any atom is 0.312 e. The lowest BCUT2D eigenvalue weighted by Crippen LogP contribution is -2.50. The second-order valence-corrected chi connectivity index (χ2v) is 8.58. The van der Waals surface area contributed by atoms with Crippen LogP contribution in [0.5, 0.6) is 0 Å². The molecule has 4 bridgehead atoms. The Bertz CT molecular complexity index is 717. The van der Waals surface area contributed by atoms with E-state index in [9.17, 15) is 4.79 Å². The second kappa shape index (κ2) is 5.41. The molecule has 0 atom stereocenters. The number of ether oxygens (including phenoxy) is 1. The molecule has 4 saturated carbocycles. The average molecular weight is 344 g/mol. The van der Waals surface area contributed by atoms with E-state index in [2.05, 4.69) is 10.1 Å². The lowest BCUT2D eigenvalue weighted by Gasteiger charge is -2.55. The summed E-state index contributed by atoms with van der Waals surface area (Å²) in [5.41, 5.74) is 0.681. The van der Waals surface area contributed by atoms with Crippen LogP contribution in [0.1, 0.15) is 44.3 Å². The lowest BCUT2D eigenvalue weighted by molar-refractivity contribution is -0.173. The molecular weight excluding hydrogens is 324 g/mol. The van der Waals surface area contributed by atoms with Crippen molar-refractivity contribution in [3.05, 3.63) is 22.7 Å². The van der Waals surface area contributed by atoms with E-state index in [1.165, 1.54) is 19.3 Å². The van der Waals surface area contributed by atoms with Gasteiger partial charge in [0.15, 0.2) is 6.61 Å². The van der Waals surface area contributed by atoms with E-state index in [0.29, 0.717) is 11.7 Å². The van der Waals surface area contributed by atoms with Crippen molar-refractivity contribution in [2.75, 3.05) is 0 Å². The molecule has 6 heteroatoms. The SMILES string of the molecule is O=C(OCc1noc(-c2ccsc2)n1)C12CC3CC(CC(C3)C1)C2. The highest BCUT2D eigenvalue weighted by Gasteiger charge is 2.55. The topological polar surface area (TPSA) is 65.2 Å². The lowest BCUT2D eigenvalue weighted by atomic mass is 9.49. The molecule has 0 N–H and O–H groups in total. The summed E-state index contributed by atoms with van der Waals surface area (Å²) in [6.07, 6.45) is 7.02. The Morgan fingerprint density at radius 1 is 1.25 bits per heavy atom. The van der Waals surface area contributed by atoms with Crippen molar-refractivity contribution in [3.8, 4) is 11.5 Å². The number of hydrogen-bond acceptors (Lipinski definition) is 6. The Hall–Kier alpha value is -1.69. The molecule has 5 nitrogen and oxygen atoms in total. The van der Waals surface area contributed by atoms with Crippen LogP contribution in [0, 0.1) is 23.2 Å². The number of aromatic nitrogens is 2. The second-order valence-electron chi connectivity index (χ2n) is 7.80. The number of nitrogens with zero attached hydrogens (tertiary/aromatic N) is 2. The number of esters is 1. The number of carbonyl (C=O) groups is 1. The van der Waals surface area contributed by atoms with Gasteiger partial charge in [0.05, 0.1) is 11.0 Å². The molecule has 0 aliphatic heterocycles. The maximum absolute atomic E-state index is 12.8. The summed E-state index contributed by atoms with van der Waals surface area (Å²) in [5.74, 6) is 3.09. The van der Waals surface area contributed by atoms with Gasteiger partial charge in [-0.2, -0.15) is 16.3 Å². The Morgan fingerprint density at radius 2 is 1.96 bits per heavy atom. The summed E-state index contributed by atoms with van der Waals surface area (Å²) in [5, 5.41) is 7.85. The zero-order valence-corrected chi connectivity index (χ0v) is 14.3. The molecule has 4 fully saturated rings. The zero-order chi connectivity index (χ0) is 16.1. The summed E-state index contributed by atoms with van der Waals surface area (Å²) in [6, 6.07) is 1.93. The molecule has 0 aromatic carbocycles. The predicted molar refractivity (Wildman–Crippen MR) is 88.0 cm³/mol. The molecule has 0 saturated heterocycles. The fraction of sp³-hybridized carbons (Fsp3) is 0.611. The fourth-order valence-corrected chi connectivity index (χ4v) is 6.09. The number of hydrogen-bond donors (Lipinski definition) is 0. The van der Waals surface area contributed by atoms with Crippen molar-refractivity contribution in [3.63, 3.8) is 0 Å². The minimum Gasteiger partial charge on any atom is -0.457 e. The Balaban J connectivity index is 1.26. The first-order valence-corrected chi connectivity index (χ1v) is 9.67. The van der Waals surface area contributed by atoms with Crippen LogP contribution in [0.2, 0.25) is 0 Å². The third-order valence-electron chi connectivity index (χ3n) is 6.04. The van der Waals surface area contributed by atoms with Gasteiger partial charge in [-0.15, -0.1) is 0 Å². The van der Waals surface area contributed by atoms with Gasteiger partial charge < -0.3 is 9.26 Å². The number of rotatable bonds is 4. The average Bonchev–Trinajstić information content (AvgIpc) is 3.22. The zero-order valence-electron chi connectivity index (χ0n) is 13.4. The van der Waals surface area contributed by atoms with E-state index < -0.39 is 0 Å². The molecule has 0 radical (unpaired) electrons. The summed E-state index contributed by atoms with van der Waals surface area (Å²) in [4.78, 5) is 17.1. The van der Waals surface area contributed by atoms with Crippen molar-refractivity contribution >= 4 is 17.3 Å². The Morgan fingerprint density at radius 3 is 2.58 bits per heavy atom. The minimum atomic E-state index is -0.228. The van der Waals surface area contributed by atoms with Gasteiger partial charge in [-0.3, -0.25) is 4.79 Å². The summed E-state index contributed by atoms with van der Waals surface area (Å²) in [7, 11) is 0. The van der Waals surface area contributed by atoms with Gasteiger partial charge in [-0.25, -0.2) is 0 Å². The van der Waals surface area contributed by atoms with Crippen molar-refractivity contribution < 1.29 is 14.1 Å². The van der Waals surface area contributed by atoms with Gasteiger partial charge in [0, 0.05) is 5.38 Å². The molecule has 2 heterocycles. The third-order valence-corrected chi connectivity index (χ3v) is 6.72. The van der Waals surface area contributed by atoms with Crippen LogP contribution in [0.3, 0.4) is 0 Å². The first-order valence-electron chi connectivity index (χ1n) is 8.72. The van der Waals surface area contributed by atoms with Crippen molar-refractivity contribution in [2.45, 2.75) is 45.1 Å². The Labute approximate surface area is 144 Å². The van der Waals surface area contributed by atoms with Crippen LogP contribution < -0.4 is 0 Å².